The number of rotatable bonds is 9. The number of hydrogen-bond acceptors (Lipinski definition) is 4. The van der Waals surface area contributed by atoms with Crippen molar-refractivity contribution >= 4 is 40.2 Å². The molecule has 5 nitrogen and oxygen atoms in total. The lowest BCUT2D eigenvalue weighted by Crippen LogP contribution is -2.28. The second-order valence-corrected chi connectivity index (χ2v) is 8.03. The second-order valence-electron chi connectivity index (χ2n) is 6.87. The second kappa shape index (κ2) is 11.5. The van der Waals surface area contributed by atoms with E-state index in [4.69, 9.17) is 4.74 Å². The molecule has 31 heavy (non-hydrogen) atoms. The molecule has 3 rings (SSSR count). The molecule has 1 amide bonds. The fraction of sp³-hybridized carbons (Fsp3) is 0.200. The molecule has 6 heteroatoms. The minimum absolute atomic E-state index is 0.121. The van der Waals surface area contributed by atoms with Gasteiger partial charge in [-0.2, -0.15) is 0 Å². The van der Waals surface area contributed by atoms with Crippen LogP contribution in [-0.4, -0.2) is 25.0 Å². The van der Waals surface area contributed by atoms with Crippen molar-refractivity contribution in [2.75, 3.05) is 18.5 Å². The predicted octanol–water partition coefficient (Wildman–Crippen LogP) is 5.18. The van der Waals surface area contributed by atoms with Gasteiger partial charge in [-0.1, -0.05) is 66.7 Å². The van der Waals surface area contributed by atoms with E-state index in [9.17, 15) is 9.59 Å². The molecular formula is C25H25IN2O3. The zero-order valence-corrected chi connectivity index (χ0v) is 19.5. The number of para-hydroxylation sites is 1. The van der Waals surface area contributed by atoms with E-state index < -0.39 is 0 Å². The lowest BCUT2D eigenvalue weighted by atomic mass is 9.98. The van der Waals surface area contributed by atoms with Crippen LogP contribution in [0.2, 0.25) is 0 Å². The molecule has 0 atom stereocenters. The SMILES string of the molecule is CCOC(=O)CCNC(=O)c1cccc(I)c1NC(c1ccccc1)c1ccccc1. The van der Waals surface area contributed by atoms with Gasteiger partial charge < -0.3 is 15.4 Å². The van der Waals surface area contributed by atoms with Crippen LogP contribution in [0.5, 0.6) is 0 Å². The molecule has 0 saturated heterocycles. The maximum absolute atomic E-state index is 12.9. The summed E-state index contributed by atoms with van der Waals surface area (Å²) >= 11 is 2.23. The Kier molecular flexibility index (Phi) is 8.46. The summed E-state index contributed by atoms with van der Waals surface area (Å²) in [5.41, 5.74) is 3.49. The number of nitrogens with one attached hydrogen (secondary N) is 2. The van der Waals surface area contributed by atoms with E-state index >= 15 is 0 Å². The molecule has 2 N–H and O–H groups in total. The molecule has 0 fully saturated rings. The highest BCUT2D eigenvalue weighted by Crippen LogP contribution is 2.31. The molecule has 3 aromatic carbocycles. The molecule has 0 saturated carbocycles. The van der Waals surface area contributed by atoms with Gasteiger partial charge in [0.2, 0.25) is 0 Å². The van der Waals surface area contributed by atoms with Crippen molar-refractivity contribution in [3.63, 3.8) is 0 Å². The van der Waals surface area contributed by atoms with Gasteiger partial charge >= 0.3 is 5.97 Å². The van der Waals surface area contributed by atoms with Crippen molar-refractivity contribution in [2.45, 2.75) is 19.4 Å². The quantitative estimate of drug-likeness (QED) is 0.297. The Morgan fingerprint density at radius 3 is 2.10 bits per heavy atom. The zero-order valence-electron chi connectivity index (χ0n) is 17.3. The van der Waals surface area contributed by atoms with Gasteiger partial charge in [-0.25, -0.2) is 0 Å². The average Bonchev–Trinajstić information content (AvgIpc) is 2.79. The van der Waals surface area contributed by atoms with Crippen molar-refractivity contribution in [1.29, 1.82) is 0 Å². The van der Waals surface area contributed by atoms with Gasteiger partial charge in [0.25, 0.3) is 5.91 Å². The normalized spacial score (nSPS) is 10.5. The fourth-order valence-corrected chi connectivity index (χ4v) is 3.91. The number of carbonyl (C=O) groups excluding carboxylic acids is 2. The van der Waals surface area contributed by atoms with Crippen LogP contribution in [0.25, 0.3) is 0 Å². The zero-order chi connectivity index (χ0) is 22.1. The monoisotopic (exact) mass is 528 g/mol. The van der Waals surface area contributed by atoms with Crippen molar-refractivity contribution in [3.8, 4) is 0 Å². The maximum Gasteiger partial charge on any atom is 0.307 e. The predicted molar refractivity (Wildman–Crippen MR) is 131 cm³/mol. The van der Waals surface area contributed by atoms with Crippen molar-refractivity contribution in [1.82, 2.24) is 5.32 Å². The van der Waals surface area contributed by atoms with Crippen LogP contribution in [0.1, 0.15) is 40.9 Å². The number of amides is 1. The molecule has 0 aliphatic rings. The summed E-state index contributed by atoms with van der Waals surface area (Å²) in [6, 6.07) is 25.8. The summed E-state index contributed by atoms with van der Waals surface area (Å²) < 4.78 is 5.86. The molecule has 0 spiro atoms. The first-order chi connectivity index (χ1) is 15.1. The van der Waals surface area contributed by atoms with Crippen LogP contribution in [-0.2, 0) is 9.53 Å². The van der Waals surface area contributed by atoms with Crippen LogP contribution in [0, 0.1) is 3.57 Å². The summed E-state index contributed by atoms with van der Waals surface area (Å²) in [4.78, 5) is 24.5. The van der Waals surface area contributed by atoms with Gasteiger partial charge in [-0.3, -0.25) is 9.59 Å². The Balaban J connectivity index is 1.86. The smallest absolute Gasteiger partial charge is 0.307 e. The molecule has 0 aromatic heterocycles. The van der Waals surface area contributed by atoms with Gasteiger partial charge in [0.1, 0.15) is 0 Å². The van der Waals surface area contributed by atoms with Crippen LogP contribution in [0.15, 0.2) is 78.9 Å². The number of anilines is 1. The first-order valence-electron chi connectivity index (χ1n) is 10.2. The molecule has 0 bridgehead atoms. The summed E-state index contributed by atoms with van der Waals surface area (Å²) in [6.07, 6.45) is 0.142. The van der Waals surface area contributed by atoms with Crippen molar-refractivity contribution in [3.05, 3.63) is 99.1 Å². The molecule has 0 aliphatic carbocycles. The Labute approximate surface area is 196 Å². The molecule has 0 radical (unpaired) electrons. The molecule has 0 unspecified atom stereocenters. The third kappa shape index (κ3) is 6.30. The van der Waals surface area contributed by atoms with Crippen molar-refractivity contribution in [2.24, 2.45) is 0 Å². The number of ether oxygens (including phenoxy) is 1. The number of benzene rings is 3. The molecule has 3 aromatic rings. The Morgan fingerprint density at radius 1 is 0.903 bits per heavy atom. The summed E-state index contributed by atoms with van der Waals surface area (Å²) in [5, 5.41) is 6.41. The Hall–Kier alpha value is -2.87. The highest BCUT2D eigenvalue weighted by atomic mass is 127. The molecule has 160 valence electrons. The fourth-order valence-electron chi connectivity index (χ4n) is 3.26. The van der Waals surface area contributed by atoms with Gasteiger partial charge in [0.15, 0.2) is 0 Å². The summed E-state index contributed by atoms with van der Waals surface area (Å²) in [7, 11) is 0. The third-order valence-corrected chi connectivity index (χ3v) is 5.63. The van der Waals surface area contributed by atoms with Gasteiger partial charge in [-0.05, 0) is 52.8 Å². The highest BCUT2D eigenvalue weighted by Gasteiger charge is 2.20. The largest absolute Gasteiger partial charge is 0.466 e. The maximum atomic E-state index is 12.9. The van der Waals surface area contributed by atoms with Crippen molar-refractivity contribution < 1.29 is 14.3 Å². The van der Waals surface area contributed by atoms with Crippen LogP contribution in [0.3, 0.4) is 0 Å². The van der Waals surface area contributed by atoms with E-state index in [0.717, 1.165) is 20.4 Å². The minimum Gasteiger partial charge on any atom is -0.466 e. The van der Waals surface area contributed by atoms with Crippen LogP contribution < -0.4 is 10.6 Å². The topological polar surface area (TPSA) is 67.4 Å². The Morgan fingerprint density at radius 2 is 1.52 bits per heavy atom. The standard InChI is InChI=1S/C25H25IN2O3/c1-2-31-22(29)16-17-27-25(30)20-14-9-15-21(26)24(20)28-23(18-10-5-3-6-11-18)19-12-7-4-8-13-19/h3-15,23,28H,2,16-17H2,1H3,(H,27,30). The van der Waals surface area contributed by atoms with E-state index in [2.05, 4.69) is 57.5 Å². The van der Waals surface area contributed by atoms with E-state index in [1.54, 1.807) is 13.0 Å². The molecule has 0 heterocycles. The van der Waals surface area contributed by atoms with E-state index in [0.29, 0.717) is 12.2 Å². The molecule has 0 aliphatic heterocycles. The number of hydrogen-bond donors (Lipinski definition) is 2. The minimum atomic E-state index is -0.322. The first-order valence-corrected chi connectivity index (χ1v) is 11.3. The average molecular weight is 528 g/mol. The van der Waals surface area contributed by atoms with Gasteiger partial charge in [0, 0.05) is 10.1 Å². The lowest BCUT2D eigenvalue weighted by Gasteiger charge is -2.23. The summed E-state index contributed by atoms with van der Waals surface area (Å²) in [5.74, 6) is -0.554. The third-order valence-electron chi connectivity index (χ3n) is 4.73. The van der Waals surface area contributed by atoms with Gasteiger partial charge in [0.05, 0.1) is 30.3 Å². The summed E-state index contributed by atoms with van der Waals surface area (Å²) in [6.45, 7) is 2.32. The number of halogens is 1. The van der Waals surface area contributed by atoms with E-state index in [1.807, 2.05) is 48.5 Å². The van der Waals surface area contributed by atoms with Gasteiger partial charge in [-0.15, -0.1) is 0 Å². The lowest BCUT2D eigenvalue weighted by molar-refractivity contribution is -0.142. The van der Waals surface area contributed by atoms with Crippen LogP contribution >= 0.6 is 22.6 Å². The number of esters is 1. The van der Waals surface area contributed by atoms with Crippen LogP contribution in [0.4, 0.5) is 5.69 Å². The Bertz CT molecular complexity index is 970. The molecular weight excluding hydrogens is 503 g/mol. The number of carbonyl (C=O) groups is 2. The first kappa shape index (κ1) is 22.8. The highest BCUT2D eigenvalue weighted by molar-refractivity contribution is 14.1. The van der Waals surface area contributed by atoms with E-state index in [1.165, 1.54) is 0 Å². The van der Waals surface area contributed by atoms with E-state index in [-0.39, 0.29) is 30.9 Å².